The molecule has 0 N–H and O–H groups in total. The van der Waals surface area contributed by atoms with Gasteiger partial charge in [0.25, 0.3) is 11.6 Å². The third-order valence-corrected chi connectivity index (χ3v) is 3.83. The van der Waals surface area contributed by atoms with Crippen LogP contribution in [0.3, 0.4) is 0 Å². The van der Waals surface area contributed by atoms with E-state index in [1.165, 1.54) is 18.2 Å². The molecule has 0 aromatic heterocycles. The van der Waals surface area contributed by atoms with Gasteiger partial charge in [0.2, 0.25) is 5.91 Å². The first-order chi connectivity index (χ1) is 9.45. The molecular weight excluding hydrogens is 284 g/mol. The van der Waals surface area contributed by atoms with Crippen LogP contribution in [-0.2, 0) is 4.79 Å². The predicted octanol–water partition coefficient (Wildman–Crippen LogP) is 2.65. The number of carbonyl (C=O) groups excluding carboxylic acids is 2. The quantitative estimate of drug-likeness (QED) is 0.488. The summed E-state index contributed by atoms with van der Waals surface area (Å²) in [7, 11) is 0. The van der Waals surface area contributed by atoms with Crippen LogP contribution in [0.4, 0.5) is 5.69 Å². The second kappa shape index (κ2) is 5.58. The van der Waals surface area contributed by atoms with Crippen LogP contribution in [0.5, 0.6) is 0 Å². The average molecular weight is 297 g/mol. The number of nitro groups is 1. The van der Waals surface area contributed by atoms with E-state index in [9.17, 15) is 19.7 Å². The number of amides is 2. The fourth-order valence-electron chi connectivity index (χ4n) is 2.22. The van der Waals surface area contributed by atoms with Crippen molar-refractivity contribution in [2.45, 2.75) is 19.8 Å². The lowest BCUT2D eigenvalue weighted by molar-refractivity contribution is -0.384. The van der Waals surface area contributed by atoms with Crippen LogP contribution in [0.1, 0.15) is 30.1 Å². The standard InChI is InChI=1S/C13H13ClN2O4/c1-2-8-6-11(17)15(7-8)13(18)9-4-3-5-10(12(9)14)16(19)20/h3-5,8H,2,6-7H2,1H3. The van der Waals surface area contributed by atoms with Crippen molar-refractivity contribution in [3.63, 3.8) is 0 Å². The molecule has 1 aliphatic rings. The van der Waals surface area contributed by atoms with Gasteiger partial charge in [-0.3, -0.25) is 24.6 Å². The molecule has 1 fully saturated rings. The Bertz CT molecular complexity index is 588. The number of carbonyl (C=O) groups is 2. The summed E-state index contributed by atoms with van der Waals surface area (Å²) in [6.07, 6.45) is 1.13. The molecule has 6 nitrogen and oxygen atoms in total. The number of hydrogen-bond donors (Lipinski definition) is 0. The van der Waals surface area contributed by atoms with Crippen molar-refractivity contribution in [1.82, 2.24) is 4.90 Å². The molecule has 0 spiro atoms. The van der Waals surface area contributed by atoms with E-state index in [1.54, 1.807) is 0 Å². The molecule has 0 aliphatic carbocycles. The maximum atomic E-state index is 12.3. The Hall–Kier alpha value is -1.95. The van der Waals surface area contributed by atoms with Crippen molar-refractivity contribution in [3.05, 3.63) is 38.9 Å². The van der Waals surface area contributed by atoms with Gasteiger partial charge in [0.05, 0.1) is 10.5 Å². The summed E-state index contributed by atoms with van der Waals surface area (Å²) in [6, 6.07) is 4.00. The van der Waals surface area contributed by atoms with Crippen LogP contribution in [0.2, 0.25) is 5.02 Å². The van der Waals surface area contributed by atoms with Gasteiger partial charge in [0.15, 0.2) is 0 Å². The number of benzene rings is 1. The minimum Gasteiger partial charge on any atom is -0.278 e. The van der Waals surface area contributed by atoms with Crippen LogP contribution in [0.15, 0.2) is 18.2 Å². The predicted molar refractivity (Wildman–Crippen MR) is 72.5 cm³/mol. The SMILES string of the molecule is CCC1CC(=O)N(C(=O)c2cccc([N+](=O)[O-])c2Cl)C1. The Balaban J connectivity index is 2.33. The summed E-state index contributed by atoms with van der Waals surface area (Å²) in [5.41, 5.74) is -0.345. The Morgan fingerprint density at radius 3 is 2.80 bits per heavy atom. The zero-order valence-corrected chi connectivity index (χ0v) is 11.6. The highest BCUT2D eigenvalue weighted by Gasteiger charge is 2.35. The van der Waals surface area contributed by atoms with Crippen LogP contribution < -0.4 is 0 Å². The monoisotopic (exact) mass is 296 g/mol. The summed E-state index contributed by atoms with van der Waals surface area (Å²) in [6.45, 7) is 2.29. The number of halogens is 1. The Morgan fingerprint density at radius 1 is 1.55 bits per heavy atom. The molecule has 0 bridgehead atoms. The lowest BCUT2D eigenvalue weighted by Crippen LogP contribution is -2.32. The first kappa shape index (κ1) is 14.5. The minimum absolute atomic E-state index is 0.00836. The molecule has 1 aromatic carbocycles. The van der Waals surface area contributed by atoms with Crippen LogP contribution >= 0.6 is 11.6 Å². The Kier molecular flexibility index (Phi) is 4.04. The number of likely N-dealkylation sites (tertiary alicyclic amines) is 1. The highest BCUT2D eigenvalue weighted by Crippen LogP contribution is 2.30. The highest BCUT2D eigenvalue weighted by atomic mass is 35.5. The normalized spacial score (nSPS) is 18.4. The van der Waals surface area contributed by atoms with Crippen LogP contribution in [0.25, 0.3) is 0 Å². The summed E-state index contributed by atoms with van der Waals surface area (Å²) >= 11 is 5.89. The van der Waals surface area contributed by atoms with Crippen molar-refractivity contribution in [1.29, 1.82) is 0 Å². The van der Waals surface area contributed by atoms with Crippen LogP contribution in [-0.4, -0.2) is 28.2 Å². The largest absolute Gasteiger partial charge is 0.288 e. The second-order valence-corrected chi connectivity index (χ2v) is 5.06. The van der Waals surface area contributed by atoms with Gasteiger partial charge >= 0.3 is 0 Å². The van der Waals surface area contributed by atoms with Crippen LogP contribution in [0, 0.1) is 16.0 Å². The summed E-state index contributed by atoms with van der Waals surface area (Å²) < 4.78 is 0. The molecule has 20 heavy (non-hydrogen) atoms. The minimum atomic E-state index is -0.653. The van der Waals surface area contributed by atoms with E-state index in [0.29, 0.717) is 13.0 Å². The first-order valence-electron chi connectivity index (χ1n) is 6.23. The molecule has 1 saturated heterocycles. The van der Waals surface area contributed by atoms with E-state index in [4.69, 9.17) is 11.6 Å². The maximum Gasteiger partial charge on any atom is 0.288 e. The van der Waals surface area contributed by atoms with Crippen molar-refractivity contribution < 1.29 is 14.5 Å². The van der Waals surface area contributed by atoms with E-state index in [0.717, 1.165) is 11.3 Å². The molecule has 0 radical (unpaired) electrons. The number of hydrogen-bond acceptors (Lipinski definition) is 4. The molecule has 1 heterocycles. The molecule has 106 valence electrons. The number of nitrogens with zero attached hydrogens (tertiary/aromatic N) is 2. The average Bonchev–Trinajstić information content (AvgIpc) is 2.79. The number of imide groups is 1. The van der Waals surface area contributed by atoms with E-state index in [1.807, 2.05) is 6.92 Å². The Labute approximate surface area is 120 Å². The fourth-order valence-corrected chi connectivity index (χ4v) is 2.50. The van der Waals surface area contributed by atoms with Crippen molar-refractivity contribution in [3.8, 4) is 0 Å². The second-order valence-electron chi connectivity index (χ2n) is 4.68. The molecule has 0 saturated carbocycles. The smallest absolute Gasteiger partial charge is 0.278 e. The summed E-state index contributed by atoms with van der Waals surface area (Å²) in [5, 5.41) is 10.6. The zero-order valence-electron chi connectivity index (χ0n) is 10.8. The molecule has 7 heteroatoms. The van der Waals surface area contributed by atoms with E-state index >= 15 is 0 Å². The number of rotatable bonds is 3. The van der Waals surface area contributed by atoms with Gasteiger partial charge < -0.3 is 0 Å². The number of nitro benzene ring substituents is 1. The van der Waals surface area contributed by atoms with Gasteiger partial charge in [-0.2, -0.15) is 0 Å². The third kappa shape index (κ3) is 2.51. The van der Waals surface area contributed by atoms with Gasteiger partial charge in [-0.05, 0) is 12.0 Å². The topological polar surface area (TPSA) is 80.5 Å². The maximum absolute atomic E-state index is 12.3. The van der Waals surface area contributed by atoms with Gasteiger partial charge in [-0.25, -0.2) is 0 Å². The van der Waals surface area contributed by atoms with E-state index < -0.39 is 10.8 Å². The van der Waals surface area contributed by atoms with Gasteiger partial charge in [0.1, 0.15) is 5.02 Å². The summed E-state index contributed by atoms with van der Waals surface area (Å²) in [5.74, 6) is -0.687. The molecule has 1 aromatic rings. The first-order valence-corrected chi connectivity index (χ1v) is 6.61. The van der Waals surface area contributed by atoms with Crippen molar-refractivity contribution in [2.75, 3.05) is 6.54 Å². The fraction of sp³-hybridized carbons (Fsp3) is 0.385. The lowest BCUT2D eigenvalue weighted by atomic mass is 10.1. The lowest BCUT2D eigenvalue weighted by Gasteiger charge is -2.15. The summed E-state index contributed by atoms with van der Waals surface area (Å²) in [4.78, 5) is 35.4. The molecular formula is C13H13ClN2O4. The van der Waals surface area contributed by atoms with Gasteiger partial charge in [-0.15, -0.1) is 0 Å². The molecule has 1 atom stereocenters. The molecule has 1 aliphatic heterocycles. The third-order valence-electron chi connectivity index (χ3n) is 3.43. The van der Waals surface area contributed by atoms with E-state index in [-0.39, 0.29) is 28.1 Å². The van der Waals surface area contributed by atoms with Gasteiger partial charge in [-0.1, -0.05) is 31.0 Å². The Morgan fingerprint density at radius 2 is 2.25 bits per heavy atom. The zero-order chi connectivity index (χ0) is 14.9. The van der Waals surface area contributed by atoms with Crippen molar-refractivity contribution in [2.24, 2.45) is 5.92 Å². The molecule has 2 rings (SSSR count). The highest BCUT2D eigenvalue weighted by molar-refractivity contribution is 6.36. The van der Waals surface area contributed by atoms with E-state index in [2.05, 4.69) is 0 Å². The van der Waals surface area contributed by atoms with Gasteiger partial charge in [0, 0.05) is 19.0 Å². The van der Waals surface area contributed by atoms with Crippen molar-refractivity contribution >= 4 is 29.1 Å². The molecule has 2 amide bonds. The molecule has 1 unspecified atom stereocenters.